The Labute approximate surface area is 197 Å². The highest BCUT2D eigenvalue weighted by molar-refractivity contribution is 6.31. The van der Waals surface area contributed by atoms with Crippen molar-refractivity contribution in [2.75, 3.05) is 19.5 Å². The van der Waals surface area contributed by atoms with Gasteiger partial charge in [0.15, 0.2) is 0 Å². The SMILES string of the molecule is COc1cccc(-c2coc3cc(OC)c(/C(C)=C/C(=O)Nc4ccc(C)c(Cl)c4)cc23)c1. The van der Waals surface area contributed by atoms with Gasteiger partial charge < -0.3 is 19.2 Å². The van der Waals surface area contributed by atoms with E-state index in [1.165, 1.54) is 0 Å². The highest BCUT2D eigenvalue weighted by Gasteiger charge is 2.15. The number of nitrogens with one attached hydrogen (secondary N) is 1. The number of rotatable bonds is 6. The van der Waals surface area contributed by atoms with Gasteiger partial charge in [-0.3, -0.25) is 4.79 Å². The Kier molecular flexibility index (Phi) is 6.43. The number of fused-ring (bicyclic) bond motifs is 1. The molecule has 0 fully saturated rings. The number of benzene rings is 3. The van der Waals surface area contributed by atoms with Crippen LogP contribution in [0.5, 0.6) is 11.5 Å². The van der Waals surface area contributed by atoms with E-state index < -0.39 is 0 Å². The molecule has 33 heavy (non-hydrogen) atoms. The maximum Gasteiger partial charge on any atom is 0.248 e. The number of carbonyl (C=O) groups is 1. The minimum Gasteiger partial charge on any atom is -0.497 e. The van der Waals surface area contributed by atoms with Gasteiger partial charge in [-0.05, 0) is 60.9 Å². The largest absolute Gasteiger partial charge is 0.497 e. The lowest BCUT2D eigenvalue weighted by atomic mass is 9.99. The molecule has 168 valence electrons. The van der Waals surface area contributed by atoms with Crippen LogP contribution in [0.1, 0.15) is 18.1 Å². The first-order valence-electron chi connectivity index (χ1n) is 10.4. The monoisotopic (exact) mass is 461 g/mol. The molecule has 0 spiro atoms. The van der Waals surface area contributed by atoms with Crippen molar-refractivity contribution in [2.45, 2.75) is 13.8 Å². The maximum atomic E-state index is 12.7. The molecule has 0 bridgehead atoms. The number of ether oxygens (including phenoxy) is 2. The summed E-state index contributed by atoms with van der Waals surface area (Å²) >= 11 is 6.17. The molecule has 0 saturated carbocycles. The van der Waals surface area contributed by atoms with Gasteiger partial charge in [-0.2, -0.15) is 0 Å². The molecule has 3 aromatic carbocycles. The molecule has 0 atom stereocenters. The molecule has 4 rings (SSSR count). The third kappa shape index (κ3) is 4.73. The molecule has 1 aromatic heterocycles. The van der Waals surface area contributed by atoms with Crippen LogP contribution in [0.3, 0.4) is 0 Å². The third-order valence-electron chi connectivity index (χ3n) is 5.49. The maximum absolute atomic E-state index is 12.7. The Balaban J connectivity index is 1.70. The average molecular weight is 462 g/mol. The van der Waals surface area contributed by atoms with Crippen molar-refractivity contribution in [3.05, 3.63) is 83.1 Å². The van der Waals surface area contributed by atoms with Crippen molar-refractivity contribution in [1.29, 1.82) is 0 Å². The summed E-state index contributed by atoms with van der Waals surface area (Å²) < 4.78 is 16.7. The number of anilines is 1. The summed E-state index contributed by atoms with van der Waals surface area (Å²) in [4.78, 5) is 12.7. The number of hydrogen-bond donors (Lipinski definition) is 1. The molecule has 5 nitrogen and oxygen atoms in total. The summed E-state index contributed by atoms with van der Waals surface area (Å²) in [5.41, 5.74) is 5.73. The molecule has 0 saturated heterocycles. The van der Waals surface area contributed by atoms with E-state index in [-0.39, 0.29) is 5.91 Å². The van der Waals surface area contributed by atoms with Crippen LogP contribution in [0, 0.1) is 6.92 Å². The van der Waals surface area contributed by atoms with Gasteiger partial charge in [0, 0.05) is 39.4 Å². The van der Waals surface area contributed by atoms with Crippen molar-refractivity contribution in [3.8, 4) is 22.6 Å². The number of halogens is 1. The predicted octanol–water partition coefficient (Wildman–Crippen LogP) is 7.12. The van der Waals surface area contributed by atoms with Crippen molar-refractivity contribution in [1.82, 2.24) is 0 Å². The number of allylic oxidation sites excluding steroid dienone is 1. The summed E-state index contributed by atoms with van der Waals surface area (Å²) in [6.45, 7) is 3.78. The van der Waals surface area contributed by atoms with Gasteiger partial charge in [0.1, 0.15) is 17.1 Å². The van der Waals surface area contributed by atoms with E-state index in [1.807, 2.05) is 62.4 Å². The minimum absolute atomic E-state index is 0.255. The molecule has 1 amide bonds. The van der Waals surface area contributed by atoms with Crippen LogP contribution in [-0.2, 0) is 4.79 Å². The molecule has 1 N–H and O–H groups in total. The first kappa shape index (κ1) is 22.5. The van der Waals surface area contributed by atoms with Crippen LogP contribution in [-0.4, -0.2) is 20.1 Å². The van der Waals surface area contributed by atoms with E-state index in [4.69, 9.17) is 25.5 Å². The number of amides is 1. The van der Waals surface area contributed by atoms with Gasteiger partial charge in [0.05, 0.1) is 20.5 Å². The number of methoxy groups -OCH3 is 2. The number of furan rings is 1. The normalized spacial score (nSPS) is 11.5. The molecule has 6 heteroatoms. The summed E-state index contributed by atoms with van der Waals surface area (Å²) in [6, 6.07) is 17.0. The van der Waals surface area contributed by atoms with Crippen molar-refractivity contribution < 1.29 is 18.7 Å². The molecular weight excluding hydrogens is 438 g/mol. The minimum atomic E-state index is -0.255. The van der Waals surface area contributed by atoms with Gasteiger partial charge in [-0.25, -0.2) is 0 Å². The second-order valence-electron chi connectivity index (χ2n) is 7.71. The van der Waals surface area contributed by atoms with Crippen LogP contribution in [0.2, 0.25) is 5.02 Å². The van der Waals surface area contributed by atoms with Crippen molar-refractivity contribution in [3.63, 3.8) is 0 Å². The highest BCUT2D eigenvalue weighted by atomic mass is 35.5. The smallest absolute Gasteiger partial charge is 0.248 e. The molecular formula is C27H24ClNO4. The summed E-state index contributed by atoms with van der Waals surface area (Å²) in [7, 11) is 3.23. The van der Waals surface area contributed by atoms with E-state index >= 15 is 0 Å². The predicted molar refractivity (Wildman–Crippen MR) is 133 cm³/mol. The lowest BCUT2D eigenvalue weighted by molar-refractivity contribution is -0.111. The fourth-order valence-corrected chi connectivity index (χ4v) is 3.85. The summed E-state index contributed by atoms with van der Waals surface area (Å²) in [5.74, 6) is 1.13. The summed E-state index contributed by atoms with van der Waals surface area (Å²) in [6.07, 6.45) is 3.26. The standard InChI is InChI=1S/C27H24ClNO4/c1-16-8-9-19(12-24(16)28)29-27(30)10-17(2)21-13-22-23(15-33-26(22)14-25(21)32-4)18-6-5-7-20(11-18)31-3/h5-15H,1-4H3,(H,29,30)/b17-10+. The van der Waals surface area contributed by atoms with Crippen LogP contribution in [0.4, 0.5) is 5.69 Å². The quantitative estimate of drug-likeness (QED) is 0.310. The number of hydrogen-bond acceptors (Lipinski definition) is 4. The molecule has 0 aliphatic carbocycles. The van der Waals surface area contributed by atoms with Crippen LogP contribution in [0.15, 0.2) is 71.4 Å². The average Bonchev–Trinajstić information content (AvgIpc) is 3.23. The van der Waals surface area contributed by atoms with Crippen LogP contribution >= 0.6 is 11.6 Å². The van der Waals surface area contributed by atoms with Crippen LogP contribution in [0.25, 0.3) is 27.7 Å². The Hall–Kier alpha value is -3.70. The van der Waals surface area contributed by atoms with Crippen molar-refractivity contribution >= 4 is 39.7 Å². The van der Waals surface area contributed by atoms with Crippen molar-refractivity contribution in [2.24, 2.45) is 0 Å². The lowest BCUT2D eigenvalue weighted by Crippen LogP contribution is -2.08. The van der Waals surface area contributed by atoms with Gasteiger partial charge >= 0.3 is 0 Å². The zero-order valence-corrected chi connectivity index (χ0v) is 19.6. The molecule has 1 heterocycles. The lowest BCUT2D eigenvalue weighted by Gasteiger charge is -2.11. The van der Waals surface area contributed by atoms with E-state index in [2.05, 4.69) is 5.32 Å². The topological polar surface area (TPSA) is 60.7 Å². The summed E-state index contributed by atoms with van der Waals surface area (Å²) in [5, 5.41) is 4.37. The fraction of sp³-hybridized carbons (Fsp3) is 0.148. The Morgan fingerprint density at radius 2 is 1.88 bits per heavy atom. The van der Waals surface area contributed by atoms with E-state index in [0.29, 0.717) is 22.0 Å². The molecule has 0 unspecified atom stereocenters. The molecule has 0 radical (unpaired) electrons. The van der Waals surface area contributed by atoms with Gasteiger partial charge in [-0.1, -0.05) is 29.8 Å². The second-order valence-corrected chi connectivity index (χ2v) is 8.12. The first-order chi connectivity index (χ1) is 15.9. The van der Waals surface area contributed by atoms with Gasteiger partial charge in [0.2, 0.25) is 5.91 Å². The zero-order chi connectivity index (χ0) is 23.5. The van der Waals surface area contributed by atoms with E-state index in [0.717, 1.165) is 39.0 Å². The first-order valence-corrected chi connectivity index (χ1v) is 10.8. The molecule has 0 aliphatic rings. The Morgan fingerprint density at radius 1 is 1.06 bits per heavy atom. The Bertz CT molecular complexity index is 1370. The van der Waals surface area contributed by atoms with Gasteiger partial charge in [-0.15, -0.1) is 0 Å². The molecule has 4 aromatic rings. The van der Waals surface area contributed by atoms with E-state index in [9.17, 15) is 4.79 Å². The highest BCUT2D eigenvalue weighted by Crippen LogP contribution is 2.38. The van der Waals surface area contributed by atoms with E-state index in [1.54, 1.807) is 32.6 Å². The third-order valence-corrected chi connectivity index (χ3v) is 5.90. The second kappa shape index (κ2) is 9.43. The zero-order valence-electron chi connectivity index (χ0n) is 18.9. The number of aryl methyl sites for hydroxylation is 1. The van der Waals surface area contributed by atoms with Gasteiger partial charge in [0.25, 0.3) is 0 Å². The number of carbonyl (C=O) groups excluding carboxylic acids is 1. The fourth-order valence-electron chi connectivity index (χ4n) is 3.67. The Morgan fingerprint density at radius 3 is 2.61 bits per heavy atom. The molecule has 0 aliphatic heterocycles. The van der Waals surface area contributed by atoms with Crippen LogP contribution < -0.4 is 14.8 Å².